The minimum atomic E-state index is -1.05. The highest BCUT2D eigenvalue weighted by Gasteiger charge is 2.24. The van der Waals surface area contributed by atoms with Crippen LogP contribution in [0, 0.1) is 20.2 Å². The number of hydrogen-bond donors (Lipinski definition) is 0. The Morgan fingerprint density at radius 3 is 1.41 bits per heavy atom. The summed E-state index contributed by atoms with van der Waals surface area (Å²) in [7, 11) is 0. The number of nitro groups is 2. The topological polar surface area (TPSA) is 165 Å². The van der Waals surface area contributed by atoms with Crippen LogP contribution in [0.3, 0.4) is 0 Å². The normalized spacial score (nSPS) is 11.8. The van der Waals surface area contributed by atoms with Crippen molar-refractivity contribution in [3.8, 4) is 0 Å². The second-order valence-corrected chi connectivity index (χ2v) is 15.7. The van der Waals surface area contributed by atoms with E-state index < -0.39 is 58.3 Å². The zero-order chi connectivity index (χ0) is 42.5. The van der Waals surface area contributed by atoms with Crippen molar-refractivity contribution in [3.63, 3.8) is 0 Å². The number of nitro benzene ring substituents is 2. The van der Waals surface area contributed by atoms with Crippen LogP contribution >= 0.6 is 0 Å². The molecule has 0 aliphatic heterocycles. The molecule has 1 rings (SSSR count). The molecule has 0 aliphatic rings. The number of ether oxygens (including phenoxy) is 3. The van der Waals surface area contributed by atoms with E-state index >= 15 is 0 Å². The molecule has 0 amide bonds. The molecule has 1 aromatic carbocycles. The molecule has 0 heterocycles. The SMILES string of the molecule is CCCCCCCC/C=C\CCCCCCCCC(=O)O[C@H](COC(=O)CCCCCCCCCCCCCCC)COC(=O)Cc1ccc([N+](=O)[O-])cc1[N+](=O)[O-]. The predicted molar refractivity (Wildman–Crippen MR) is 230 cm³/mol. The van der Waals surface area contributed by atoms with Gasteiger partial charge < -0.3 is 14.2 Å². The third-order valence-corrected chi connectivity index (χ3v) is 10.3. The van der Waals surface area contributed by atoms with Crippen molar-refractivity contribution in [1.82, 2.24) is 0 Å². The lowest BCUT2D eigenvalue weighted by Gasteiger charge is -2.18. The van der Waals surface area contributed by atoms with Crippen molar-refractivity contribution in [1.29, 1.82) is 0 Å². The number of hydrogen-bond acceptors (Lipinski definition) is 10. The van der Waals surface area contributed by atoms with Crippen LogP contribution in [0.4, 0.5) is 11.4 Å². The van der Waals surface area contributed by atoms with E-state index in [0.717, 1.165) is 76.0 Å². The molecular weight excluding hydrogens is 741 g/mol. The molecule has 0 fully saturated rings. The van der Waals surface area contributed by atoms with Gasteiger partial charge in [0.1, 0.15) is 13.2 Å². The Morgan fingerprint density at radius 2 is 0.966 bits per heavy atom. The highest BCUT2D eigenvalue weighted by Crippen LogP contribution is 2.25. The van der Waals surface area contributed by atoms with Crippen LogP contribution in [0.15, 0.2) is 30.4 Å². The maximum absolute atomic E-state index is 12.8. The van der Waals surface area contributed by atoms with Crippen LogP contribution < -0.4 is 0 Å². The number of rotatable bonds is 39. The predicted octanol–water partition coefficient (Wildman–Crippen LogP) is 13.0. The van der Waals surface area contributed by atoms with E-state index in [9.17, 15) is 34.6 Å². The fraction of sp³-hybridized carbons (Fsp3) is 0.761. The molecule has 12 nitrogen and oxygen atoms in total. The van der Waals surface area contributed by atoms with Gasteiger partial charge in [0.15, 0.2) is 6.10 Å². The number of carbonyl (C=O) groups is 3. The van der Waals surface area contributed by atoms with E-state index in [2.05, 4.69) is 26.0 Å². The fourth-order valence-corrected chi connectivity index (χ4v) is 6.80. The van der Waals surface area contributed by atoms with Crippen molar-refractivity contribution in [2.24, 2.45) is 0 Å². The van der Waals surface area contributed by atoms with Gasteiger partial charge in [0.2, 0.25) is 0 Å². The molecule has 0 unspecified atom stereocenters. The number of esters is 3. The monoisotopic (exact) mass is 817 g/mol. The zero-order valence-corrected chi connectivity index (χ0v) is 36.1. The Morgan fingerprint density at radius 1 is 0.552 bits per heavy atom. The van der Waals surface area contributed by atoms with Gasteiger partial charge >= 0.3 is 17.9 Å². The largest absolute Gasteiger partial charge is 0.462 e. The average molecular weight is 817 g/mol. The van der Waals surface area contributed by atoms with Gasteiger partial charge in [-0.25, -0.2) is 0 Å². The molecule has 0 aliphatic carbocycles. The van der Waals surface area contributed by atoms with Crippen LogP contribution in [0.2, 0.25) is 0 Å². The lowest BCUT2D eigenvalue weighted by atomic mass is 10.0. The van der Waals surface area contributed by atoms with Gasteiger partial charge in [-0.15, -0.1) is 0 Å². The zero-order valence-electron chi connectivity index (χ0n) is 36.1. The molecule has 0 saturated heterocycles. The Kier molecular flexibility index (Phi) is 32.6. The molecule has 0 spiro atoms. The number of nitrogens with zero attached hydrogens (tertiary/aromatic N) is 2. The minimum Gasteiger partial charge on any atom is -0.462 e. The second kappa shape index (κ2) is 36.3. The molecule has 330 valence electrons. The Hall–Kier alpha value is -3.83. The summed E-state index contributed by atoms with van der Waals surface area (Å²) in [5.74, 6) is -1.77. The summed E-state index contributed by atoms with van der Waals surface area (Å²) in [5, 5.41) is 22.6. The Labute approximate surface area is 348 Å². The van der Waals surface area contributed by atoms with Gasteiger partial charge in [-0.2, -0.15) is 0 Å². The van der Waals surface area contributed by atoms with Crippen LogP contribution in [0.25, 0.3) is 0 Å². The van der Waals surface area contributed by atoms with Gasteiger partial charge in [0.05, 0.1) is 22.3 Å². The lowest BCUT2D eigenvalue weighted by Crippen LogP contribution is -2.31. The molecule has 0 radical (unpaired) electrons. The third kappa shape index (κ3) is 29.4. The minimum absolute atomic E-state index is 0.0571. The van der Waals surface area contributed by atoms with Crippen molar-refractivity contribution >= 4 is 29.3 Å². The van der Waals surface area contributed by atoms with Crippen molar-refractivity contribution in [2.75, 3.05) is 13.2 Å². The molecule has 0 bridgehead atoms. The quantitative estimate of drug-likeness (QED) is 0.0156. The molecule has 58 heavy (non-hydrogen) atoms. The van der Waals surface area contributed by atoms with E-state index in [0.29, 0.717) is 12.8 Å². The molecule has 1 aromatic rings. The Bertz CT molecular complexity index is 1300. The van der Waals surface area contributed by atoms with E-state index in [-0.39, 0.29) is 25.0 Å². The van der Waals surface area contributed by atoms with Gasteiger partial charge in [-0.3, -0.25) is 34.6 Å². The molecule has 12 heteroatoms. The maximum Gasteiger partial charge on any atom is 0.310 e. The van der Waals surface area contributed by atoms with Gasteiger partial charge in [0.25, 0.3) is 11.4 Å². The number of allylic oxidation sites excluding steroid dienone is 2. The summed E-state index contributed by atoms with van der Waals surface area (Å²) in [6, 6.07) is 3.01. The standard InChI is InChI=1S/C46H76N2O10/c1-3-5-7-9-11-13-15-17-18-19-21-23-25-27-29-31-33-45(50)58-42(39-57-46(51)36-40-34-35-41(47(52)53)37-43(40)48(54)55)38-56-44(49)32-30-28-26-24-22-20-16-14-12-10-8-6-4-2/h17-18,34-35,37,42H,3-16,19-33,36,38-39H2,1-2H3/b18-17-/t42-/m1/s1. The van der Waals surface area contributed by atoms with Crippen molar-refractivity contribution in [3.05, 3.63) is 56.1 Å². The smallest absolute Gasteiger partial charge is 0.310 e. The first kappa shape index (κ1) is 52.2. The lowest BCUT2D eigenvalue weighted by molar-refractivity contribution is -0.394. The second-order valence-electron chi connectivity index (χ2n) is 15.7. The van der Waals surface area contributed by atoms with E-state index in [4.69, 9.17) is 14.2 Å². The first-order valence-corrected chi connectivity index (χ1v) is 22.7. The number of unbranched alkanes of at least 4 members (excludes halogenated alkanes) is 24. The molecule has 0 aromatic heterocycles. The van der Waals surface area contributed by atoms with Crippen LogP contribution in [-0.2, 0) is 35.0 Å². The molecule has 1 atom stereocenters. The van der Waals surface area contributed by atoms with Gasteiger partial charge in [0, 0.05) is 24.5 Å². The van der Waals surface area contributed by atoms with Gasteiger partial charge in [-0.1, -0.05) is 161 Å². The molecule has 0 N–H and O–H groups in total. The fourth-order valence-electron chi connectivity index (χ4n) is 6.80. The summed E-state index contributed by atoms with van der Waals surface area (Å²) < 4.78 is 16.3. The summed E-state index contributed by atoms with van der Waals surface area (Å²) in [6.45, 7) is 3.77. The van der Waals surface area contributed by atoms with Crippen LogP contribution in [-0.4, -0.2) is 47.1 Å². The first-order chi connectivity index (χ1) is 28.2. The summed E-state index contributed by atoms with van der Waals surface area (Å²) >= 11 is 0. The first-order valence-electron chi connectivity index (χ1n) is 22.7. The van der Waals surface area contributed by atoms with Crippen molar-refractivity contribution < 1.29 is 38.4 Å². The third-order valence-electron chi connectivity index (χ3n) is 10.3. The number of carbonyl (C=O) groups excluding carboxylic acids is 3. The molecule has 0 saturated carbocycles. The highest BCUT2D eigenvalue weighted by atomic mass is 16.6. The van der Waals surface area contributed by atoms with Crippen LogP contribution in [0.1, 0.15) is 206 Å². The molecular formula is C46H76N2O10. The number of benzene rings is 1. The Balaban J connectivity index is 2.46. The van der Waals surface area contributed by atoms with Gasteiger partial charge in [-0.05, 0) is 44.6 Å². The highest BCUT2D eigenvalue weighted by molar-refractivity contribution is 5.75. The average Bonchev–Trinajstić information content (AvgIpc) is 3.20. The van der Waals surface area contributed by atoms with E-state index in [1.54, 1.807) is 0 Å². The van der Waals surface area contributed by atoms with E-state index in [1.807, 2.05) is 0 Å². The summed E-state index contributed by atoms with van der Waals surface area (Å²) in [5.41, 5.74) is -1.11. The number of non-ortho nitro benzene ring substituents is 1. The van der Waals surface area contributed by atoms with E-state index in [1.165, 1.54) is 103 Å². The summed E-state index contributed by atoms with van der Waals surface area (Å²) in [4.78, 5) is 59.0. The summed E-state index contributed by atoms with van der Waals surface area (Å²) in [6.07, 6.45) is 35.1. The van der Waals surface area contributed by atoms with Crippen LogP contribution in [0.5, 0.6) is 0 Å². The maximum atomic E-state index is 12.8. The van der Waals surface area contributed by atoms with Crippen molar-refractivity contribution in [2.45, 2.75) is 213 Å².